The molecule has 2 unspecified atom stereocenters. The minimum atomic E-state index is 0. The van der Waals surface area contributed by atoms with Gasteiger partial charge in [0.1, 0.15) is 5.15 Å². The third-order valence-electron chi connectivity index (χ3n) is 4.75. The van der Waals surface area contributed by atoms with Crippen LogP contribution in [0.3, 0.4) is 0 Å². The van der Waals surface area contributed by atoms with Crippen molar-refractivity contribution in [1.82, 2.24) is 15.2 Å². The van der Waals surface area contributed by atoms with Crippen molar-refractivity contribution in [3.8, 4) is 0 Å². The van der Waals surface area contributed by atoms with Crippen LogP contribution in [0, 0.1) is 5.92 Å². The molecule has 1 saturated heterocycles. The highest BCUT2D eigenvalue weighted by Crippen LogP contribution is 2.33. The third-order valence-corrected chi connectivity index (χ3v) is 5.59. The Labute approximate surface area is 187 Å². The lowest BCUT2D eigenvalue weighted by molar-refractivity contribution is 0.0915. The molecule has 1 aliphatic rings. The summed E-state index contributed by atoms with van der Waals surface area (Å²) in [4.78, 5) is 4.30. The average Bonchev–Trinajstić information content (AvgIpc) is 3.23. The smallest absolute Gasteiger partial charge is 0.191 e. The second kappa shape index (κ2) is 10.5. The number of aliphatic imine (C=N–C) groups is 1. The number of rotatable bonds is 5. The number of hydrogen-bond acceptors (Lipinski definition) is 2. The van der Waals surface area contributed by atoms with Gasteiger partial charge < -0.3 is 19.9 Å². The number of nitrogens with zero attached hydrogens (tertiary/aromatic N) is 2. The molecule has 0 bridgehead atoms. The van der Waals surface area contributed by atoms with E-state index >= 15 is 0 Å². The van der Waals surface area contributed by atoms with Crippen LogP contribution in [0.4, 0.5) is 0 Å². The van der Waals surface area contributed by atoms with Crippen LogP contribution in [0.1, 0.15) is 23.8 Å². The van der Waals surface area contributed by atoms with E-state index in [9.17, 15) is 0 Å². The molecule has 5 nitrogen and oxygen atoms in total. The molecule has 1 aromatic heterocycles. The Kier molecular flexibility index (Phi) is 8.72. The zero-order chi connectivity index (χ0) is 18.5. The lowest BCUT2D eigenvalue weighted by atomic mass is 9.95. The van der Waals surface area contributed by atoms with Crippen LogP contribution in [0.25, 0.3) is 0 Å². The molecular formula is C19H25Cl2IN4O. The highest BCUT2D eigenvalue weighted by Gasteiger charge is 2.29. The van der Waals surface area contributed by atoms with Gasteiger partial charge in [-0.2, -0.15) is 0 Å². The third kappa shape index (κ3) is 5.53. The first kappa shape index (κ1) is 22.3. The van der Waals surface area contributed by atoms with Crippen LogP contribution in [-0.2, 0) is 18.3 Å². The summed E-state index contributed by atoms with van der Waals surface area (Å²) in [6, 6.07) is 12.2. The lowest BCUT2D eigenvalue weighted by Gasteiger charge is -2.21. The number of halogens is 3. The largest absolute Gasteiger partial charge is 0.373 e. The zero-order valence-corrected chi connectivity index (χ0v) is 19.3. The van der Waals surface area contributed by atoms with Crippen molar-refractivity contribution in [2.24, 2.45) is 18.0 Å². The van der Waals surface area contributed by atoms with Crippen molar-refractivity contribution in [2.45, 2.75) is 19.1 Å². The average molecular weight is 523 g/mol. The molecule has 2 heterocycles. The van der Waals surface area contributed by atoms with Gasteiger partial charge >= 0.3 is 0 Å². The standard InChI is InChI=1S/C19H24Cl2N4O.HI/c1-22-19(24-12-15-10-16(20)18(21)25(15)2)23-11-14-8-9-26-17(14)13-6-4-3-5-7-13;/h3-7,10,14,17H,8-9,11-12H2,1-2H3,(H2,22,23,24);1H. The van der Waals surface area contributed by atoms with Gasteiger partial charge in [0.2, 0.25) is 0 Å². The second-order valence-electron chi connectivity index (χ2n) is 6.39. The summed E-state index contributed by atoms with van der Waals surface area (Å²) in [5.41, 5.74) is 2.22. The molecule has 1 aliphatic heterocycles. The Morgan fingerprint density at radius 3 is 2.63 bits per heavy atom. The van der Waals surface area contributed by atoms with Crippen molar-refractivity contribution < 1.29 is 4.74 Å². The van der Waals surface area contributed by atoms with Crippen LogP contribution < -0.4 is 10.6 Å². The minimum absolute atomic E-state index is 0. The zero-order valence-electron chi connectivity index (χ0n) is 15.4. The molecule has 3 rings (SSSR count). The Balaban J connectivity index is 0.00000261. The molecule has 27 heavy (non-hydrogen) atoms. The van der Waals surface area contributed by atoms with E-state index in [-0.39, 0.29) is 30.1 Å². The number of aromatic nitrogens is 1. The highest BCUT2D eigenvalue weighted by molar-refractivity contribution is 14.0. The Hall–Kier alpha value is -0.960. The molecule has 2 aromatic rings. The summed E-state index contributed by atoms with van der Waals surface area (Å²) in [7, 11) is 3.65. The molecule has 0 spiro atoms. The number of ether oxygens (including phenoxy) is 1. The van der Waals surface area contributed by atoms with Gasteiger partial charge in [-0.1, -0.05) is 53.5 Å². The highest BCUT2D eigenvalue weighted by atomic mass is 127. The SMILES string of the molecule is CN=C(NCc1cc(Cl)c(Cl)n1C)NCC1CCOC1c1ccccc1.I. The van der Waals surface area contributed by atoms with E-state index < -0.39 is 0 Å². The fourth-order valence-electron chi connectivity index (χ4n) is 3.24. The van der Waals surface area contributed by atoms with Crippen LogP contribution in [-0.4, -0.2) is 30.7 Å². The molecule has 2 N–H and O–H groups in total. The molecule has 1 fully saturated rings. The van der Waals surface area contributed by atoms with E-state index in [2.05, 4.69) is 39.9 Å². The van der Waals surface area contributed by atoms with Gasteiger partial charge in [-0.3, -0.25) is 4.99 Å². The monoisotopic (exact) mass is 522 g/mol. The summed E-state index contributed by atoms with van der Waals surface area (Å²) in [5, 5.41) is 7.81. The van der Waals surface area contributed by atoms with Gasteiger partial charge in [-0.15, -0.1) is 24.0 Å². The molecular weight excluding hydrogens is 498 g/mol. The molecule has 148 valence electrons. The van der Waals surface area contributed by atoms with Gasteiger partial charge in [0.15, 0.2) is 5.96 Å². The van der Waals surface area contributed by atoms with Crippen LogP contribution in [0.15, 0.2) is 41.4 Å². The molecule has 1 aromatic carbocycles. The summed E-state index contributed by atoms with van der Waals surface area (Å²) in [5.74, 6) is 1.16. The Morgan fingerprint density at radius 2 is 2.00 bits per heavy atom. The predicted molar refractivity (Wildman–Crippen MR) is 122 cm³/mol. The van der Waals surface area contributed by atoms with Crippen molar-refractivity contribution >= 4 is 53.1 Å². The summed E-state index contributed by atoms with van der Waals surface area (Å²) in [6.07, 6.45) is 1.17. The molecule has 0 radical (unpaired) electrons. The second-order valence-corrected chi connectivity index (χ2v) is 7.16. The lowest BCUT2D eigenvalue weighted by Crippen LogP contribution is -2.40. The fraction of sp³-hybridized carbons (Fsp3) is 0.421. The number of hydrogen-bond donors (Lipinski definition) is 2. The van der Waals surface area contributed by atoms with Gasteiger partial charge in [0.05, 0.1) is 17.7 Å². The first-order valence-corrected chi connectivity index (χ1v) is 9.46. The van der Waals surface area contributed by atoms with Gasteiger partial charge in [0, 0.05) is 38.9 Å². The van der Waals surface area contributed by atoms with E-state index in [1.165, 1.54) is 5.56 Å². The molecule has 8 heteroatoms. The maximum absolute atomic E-state index is 6.11. The van der Waals surface area contributed by atoms with Crippen molar-refractivity contribution in [3.05, 3.63) is 57.8 Å². The van der Waals surface area contributed by atoms with E-state index in [4.69, 9.17) is 27.9 Å². The Bertz CT molecular complexity index is 767. The maximum Gasteiger partial charge on any atom is 0.191 e. The van der Waals surface area contributed by atoms with Crippen LogP contribution in [0.2, 0.25) is 10.2 Å². The van der Waals surface area contributed by atoms with Crippen molar-refractivity contribution in [1.29, 1.82) is 0 Å². The van der Waals surface area contributed by atoms with Gasteiger partial charge in [0.25, 0.3) is 0 Å². The van der Waals surface area contributed by atoms with E-state index in [0.29, 0.717) is 22.6 Å². The first-order chi connectivity index (χ1) is 12.6. The summed E-state index contributed by atoms with van der Waals surface area (Å²) >= 11 is 12.2. The summed E-state index contributed by atoms with van der Waals surface area (Å²) < 4.78 is 7.81. The normalized spacial score (nSPS) is 19.6. The van der Waals surface area contributed by atoms with Gasteiger partial charge in [-0.25, -0.2) is 0 Å². The quantitative estimate of drug-likeness (QED) is 0.348. The predicted octanol–water partition coefficient (Wildman–Crippen LogP) is 4.39. The first-order valence-electron chi connectivity index (χ1n) is 8.70. The van der Waals surface area contributed by atoms with E-state index in [0.717, 1.165) is 31.2 Å². The number of nitrogens with one attached hydrogen (secondary N) is 2. The maximum atomic E-state index is 6.11. The topological polar surface area (TPSA) is 50.6 Å². The number of guanidine groups is 1. The van der Waals surface area contributed by atoms with Crippen molar-refractivity contribution in [3.63, 3.8) is 0 Å². The molecule has 0 aliphatic carbocycles. The van der Waals surface area contributed by atoms with E-state index in [1.807, 2.05) is 23.7 Å². The Morgan fingerprint density at radius 1 is 1.26 bits per heavy atom. The van der Waals surface area contributed by atoms with Crippen LogP contribution in [0.5, 0.6) is 0 Å². The van der Waals surface area contributed by atoms with Crippen molar-refractivity contribution in [2.75, 3.05) is 20.2 Å². The minimum Gasteiger partial charge on any atom is -0.373 e. The summed E-state index contributed by atoms with van der Waals surface area (Å²) in [6.45, 7) is 2.18. The number of benzene rings is 1. The molecule has 0 amide bonds. The molecule has 2 atom stereocenters. The molecule has 0 saturated carbocycles. The fourth-order valence-corrected chi connectivity index (χ4v) is 3.65. The van der Waals surface area contributed by atoms with Gasteiger partial charge in [-0.05, 0) is 18.1 Å². The van der Waals surface area contributed by atoms with Crippen LogP contribution >= 0.6 is 47.2 Å². The van der Waals surface area contributed by atoms with E-state index in [1.54, 1.807) is 7.05 Å².